The lowest BCUT2D eigenvalue weighted by Gasteiger charge is -2.41. The van der Waals surface area contributed by atoms with Crippen LogP contribution in [0.2, 0.25) is 5.02 Å². The van der Waals surface area contributed by atoms with Crippen LogP contribution in [0, 0.1) is 16.7 Å². The van der Waals surface area contributed by atoms with Crippen molar-refractivity contribution in [3.8, 4) is 6.07 Å². The largest absolute Gasteiger partial charge is 0.242 e. The van der Waals surface area contributed by atoms with Gasteiger partial charge in [0.2, 0.25) is 10.0 Å². The molecule has 4 nitrogen and oxygen atoms in total. The van der Waals surface area contributed by atoms with Crippen LogP contribution < -0.4 is 4.72 Å². The summed E-state index contributed by atoms with van der Waals surface area (Å²) in [7, 11) is -3.68. The van der Waals surface area contributed by atoms with Crippen LogP contribution in [0.1, 0.15) is 38.2 Å². The molecule has 1 aliphatic rings. The third-order valence-corrected chi connectivity index (χ3v) is 6.03. The second-order valence-electron chi connectivity index (χ2n) is 5.29. The minimum atomic E-state index is -3.68. The van der Waals surface area contributed by atoms with E-state index in [1.165, 1.54) is 18.2 Å². The monoisotopic (exact) mass is 312 g/mol. The highest BCUT2D eigenvalue weighted by Crippen LogP contribution is 2.43. The van der Waals surface area contributed by atoms with Gasteiger partial charge in [0.15, 0.2) is 0 Å². The first-order chi connectivity index (χ1) is 9.42. The van der Waals surface area contributed by atoms with Gasteiger partial charge in [-0.15, -0.1) is 0 Å². The minimum absolute atomic E-state index is 0.0243. The number of nitriles is 1. The zero-order chi connectivity index (χ0) is 14.8. The number of nitrogens with one attached hydrogen (secondary N) is 1. The summed E-state index contributed by atoms with van der Waals surface area (Å²) < 4.78 is 27.3. The lowest BCUT2D eigenvalue weighted by atomic mass is 9.67. The molecule has 1 saturated carbocycles. The van der Waals surface area contributed by atoms with Gasteiger partial charge >= 0.3 is 0 Å². The van der Waals surface area contributed by atoms with E-state index in [1.807, 2.05) is 6.07 Å². The summed E-state index contributed by atoms with van der Waals surface area (Å²) in [6, 6.07) is 6.17. The van der Waals surface area contributed by atoms with Crippen LogP contribution in [-0.4, -0.2) is 15.0 Å². The van der Waals surface area contributed by atoms with E-state index >= 15 is 0 Å². The molecule has 1 N–H and O–H groups in total. The van der Waals surface area contributed by atoms with Crippen LogP contribution >= 0.6 is 11.6 Å². The summed E-state index contributed by atoms with van der Waals surface area (Å²) in [6.07, 6.45) is 4.22. The third kappa shape index (κ3) is 2.98. The Kier molecular flexibility index (Phi) is 4.38. The van der Waals surface area contributed by atoms with Gasteiger partial charge in [-0.25, -0.2) is 13.1 Å². The van der Waals surface area contributed by atoms with Crippen molar-refractivity contribution in [2.75, 3.05) is 6.54 Å². The van der Waals surface area contributed by atoms with E-state index in [1.54, 1.807) is 0 Å². The van der Waals surface area contributed by atoms with Crippen LogP contribution in [0.25, 0.3) is 0 Å². The van der Waals surface area contributed by atoms with Gasteiger partial charge in [-0.05, 0) is 42.9 Å². The van der Waals surface area contributed by atoms with Crippen LogP contribution in [0.4, 0.5) is 0 Å². The van der Waals surface area contributed by atoms with E-state index in [4.69, 9.17) is 16.9 Å². The molecule has 0 spiro atoms. The topological polar surface area (TPSA) is 70.0 Å². The zero-order valence-electron chi connectivity index (χ0n) is 11.3. The Balaban J connectivity index is 2.20. The molecule has 0 bridgehead atoms. The number of hydrogen-bond donors (Lipinski definition) is 1. The predicted molar refractivity (Wildman–Crippen MR) is 77.9 cm³/mol. The number of sulfonamides is 1. The SMILES string of the molecule is CCC1(CNS(=O)(=O)c2cc(C#N)ccc2Cl)CCC1. The molecule has 1 aliphatic carbocycles. The zero-order valence-corrected chi connectivity index (χ0v) is 12.9. The van der Waals surface area contributed by atoms with E-state index < -0.39 is 10.0 Å². The first-order valence-electron chi connectivity index (χ1n) is 6.62. The number of rotatable bonds is 5. The van der Waals surface area contributed by atoms with E-state index in [2.05, 4.69) is 11.6 Å². The highest BCUT2D eigenvalue weighted by atomic mass is 35.5. The van der Waals surface area contributed by atoms with Crippen LogP contribution in [0.5, 0.6) is 0 Å². The third-order valence-electron chi connectivity index (χ3n) is 4.15. The maximum Gasteiger partial charge on any atom is 0.242 e. The summed E-state index contributed by atoms with van der Waals surface area (Å²) in [4.78, 5) is -0.0243. The molecule has 0 saturated heterocycles. The van der Waals surface area contributed by atoms with Gasteiger partial charge < -0.3 is 0 Å². The highest BCUT2D eigenvalue weighted by Gasteiger charge is 2.36. The lowest BCUT2D eigenvalue weighted by molar-refractivity contribution is 0.133. The quantitative estimate of drug-likeness (QED) is 0.908. The molecule has 108 valence electrons. The number of hydrogen-bond acceptors (Lipinski definition) is 3. The van der Waals surface area contributed by atoms with Gasteiger partial charge in [0.25, 0.3) is 0 Å². The van der Waals surface area contributed by atoms with Gasteiger partial charge in [0.05, 0.1) is 16.7 Å². The summed E-state index contributed by atoms with van der Waals surface area (Å²) in [5.41, 5.74) is 0.371. The molecule has 20 heavy (non-hydrogen) atoms. The molecule has 0 aromatic heterocycles. The Labute approximate surface area is 124 Å². The maximum absolute atomic E-state index is 12.3. The average molecular weight is 313 g/mol. The molecule has 0 unspecified atom stereocenters. The molecular weight excluding hydrogens is 296 g/mol. The molecule has 0 amide bonds. The number of benzene rings is 1. The molecule has 1 aromatic carbocycles. The molecule has 6 heteroatoms. The molecule has 0 aliphatic heterocycles. The average Bonchev–Trinajstić information content (AvgIpc) is 2.38. The molecule has 2 rings (SSSR count). The Morgan fingerprint density at radius 3 is 2.65 bits per heavy atom. The second kappa shape index (κ2) is 5.72. The van der Waals surface area contributed by atoms with E-state index in [0.717, 1.165) is 25.7 Å². The summed E-state index contributed by atoms with van der Waals surface area (Å²) in [5.74, 6) is 0. The molecule has 1 fully saturated rings. The fraction of sp³-hybridized carbons (Fsp3) is 0.500. The Morgan fingerprint density at radius 2 is 2.15 bits per heavy atom. The van der Waals surface area contributed by atoms with Crippen LogP contribution in [0.3, 0.4) is 0 Å². The van der Waals surface area contributed by atoms with Crippen LogP contribution in [-0.2, 0) is 10.0 Å². The standard InChI is InChI=1S/C14H17ClN2O2S/c1-2-14(6-3-7-14)10-17-20(18,19)13-8-11(9-16)4-5-12(13)15/h4-5,8,17H,2-3,6-7,10H2,1H3. The minimum Gasteiger partial charge on any atom is -0.211 e. The lowest BCUT2D eigenvalue weighted by Crippen LogP contribution is -2.41. The molecule has 0 heterocycles. The van der Waals surface area contributed by atoms with Crippen molar-refractivity contribution in [2.24, 2.45) is 5.41 Å². The van der Waals surface area contributed by atoms with Gasteiger partial charge in [-0.2, -0.15) is 5.26 Å². The Morgan fingerprint density at radius 1 is 1.45 bits per heavy atom. The van der Waals surface area contributed by atoms with Crippen molar-refractivity contribution in [1.29, 1.82) is 5.26 Å². The smallest absolute Gasteiger partial charge is 0.211 e. The fourth-order valence-corrected chi connectivity index (χ4v) is 4.12. The summed E-state index contributed by atoms with van der Waals surface area (Å²) in [5, 5.41) is 8.99. The van der Waals surface area contributed by atoms with Crippen molar-refractivity contribution in [3.63, 3.8) is 0 Å². The van der Waals surface area contributed by atoms with Gasteiger partial charge in [0.1, 0.15) is 4.90 Å². The summed E-state index contributed by atoms with van der Waals surface area (Å²) in [6.45, 7) is 2.51. The first-order valence-corrected chi connectivity index (χ1v) is 8.48. The van der Waals surface area contributed by atoms with Crippen molar-refractivity contribution in [1.82, 2.24) is 4.72 Å². The first kappa shape index (κ1) is 15.3. The number of nitrogens with zero attached hydrogens (tertiary/aromatic N) is 1. The van der Waals surface area contributed by atoms with Gasteiger partial charge in [-0.3, -0.25) is 0 Å². The summed E-state index contributed by atoms with van der Waals surface area (Å²) >= 11 is 5.94. The molecule has 1 aromatic rings. The van der Waals surface area contributed by atoms with Gasteiger partial charge in [0, 0.05) is 6.54 Å². The Hall–Kier alpha value is -1.09. The number of halogens is 1. The van der Waals surface area contributed by atoms with Crippen molar-refractivity contribution in [3.05, 3.63) is 28.8 Å². The fourth-order valence-electron chi connectivity index (χ4n) is 2.44. The second-order valence-corrected chi connectivity index (χ2v) is 7.43. The van der Waals surface area contributed by atoms with Crippen molar-refractivity contribution >= 4 is 21.6 Å². The molecule has 0 radical (unpaired) electrons. The Bertz CT molecular complexity index is 640. The van der Waals surface area contributed by atoms with Crippen LogP contribution in [0.15, 0.2) is 23.1 Å². The van der Waals surface area contributed by atoms with E-state index in [0.29, 0.717) is 6.54 Å². The normalized spacial score (nSPS) is 17.2. The van der Waals surface area contributed by atoms with E-state index in [-0.39, 0.29) is 20.9 Å². The molecule has 0 atom stereocenters. The maximum atomic E-state index is 12.3. The highest BCUT2D eigenvalue weighted by molar-refractivity contribution is 7.89. The van der Waals surface area contributed by atoms with E-state index in [9.17, 15) is 8.42 Å². The predicted octanol–water partition coefficient (Wildman–Crippen LogP) is 3.07. The van der Waals surface area contributed by atoms with Crippen molar-refractivity contribution < 1.29 is 8.42 Å². The van der Waals surface area contributed by atoms with Gasteiger partial charge in [-0.1, -0.05) is 24.9 Å². The van der Waals surface area contributed by atoms with Crippen molar-refractivity contribution in [2.45, 2.75) is 37.5 Å². The molecular formula is C14H17ClN2O2S.